The summed E-state index contributed by atoms with van der Waals surface area (Å²) in [5.41, 5.74) is -0.561. The van der Waals surface area contributed by atoms with Crippen LogP contribution in [0.15, 0.2) is 53.3 Å². The Morgan fingerprint density at radius 2 is 1.88 bits per heavy atom. The van der Waals surface area contributed by atoms with Gasteiger partial charge in [-0.25, -0.2) is 4.98 Å². The minimum absolute atomic E-state index is 0.0563. The molecule has 0 aliphatic rings. The van der Waals surface area contributed by atoms with Crippen LogP contribution in [0.3, 0.4) is 0 Å². The second kappa shape index (κ2) is 5.84. The van der Waals surface area contributed by atoms with Crippen LogP contribution in [0, 0.1) is 0 Å². The Kier molecular flexibility index (Phi) is 3.84. The maximum absolute atomic E-state index is 12.7. The molecule has 1 aromatic heterocycles. The fraction of sp³-hybridized carbons (Fsp3) is 0.0588. The number of hydrogen-bond donors (Lipinski definition) is 2. The van der Waals surface area contributed by atoms with E-state index in [-0.39, 0.29) is 11.3 Å². The number of H-pyrrole nitrogens is 1. The van der Waals surface area contributed by atoms with Crippen molar-refractivity contribution in [1.29, 1.82) is 0 Å². The predicted molar refractivity (Wildman–Crippen MR) is 84.3 cm³/mol. The van der Waals surface area contributed by atoms with Gasteiger partial charge in [0.1, 0.15) is 11.5 Å². The summed E-state index contributed by atoms with van der Waals surface area (Å²) in [5.74, 6) is -0.477. The van der Waals surface area contributed by atoms with Crippen LogP contribution in [0.2, 0.25) is 0 Å². The number of aliphatic hydroxyl groups is 1. The zero-order valence-electron chi connectivity index (χ0n) is 12.1. The number of rotatable bonds is 2. The number of aromatic amines is 1. The van der Waals surface area contributed by atoms with E-state index < -0.39 is 23.1 Å². The van der Waals surface area contributed by atoms with Crippen molar-refractivity contribution in [3.63, 3.8) is 0 Å². The molecule has 0 amide bonds. The number of aromatic nitrogens is 2. The largest absolute Gasteiger partial charge is 0.507 e. The average molecular weight is 332 g/mol. The molecule has 2 aromatic carbocycles. The van der Waals surface area contributed by atoms with E-state index in [2.05, 4.69) is 9.97 Å². The molecule has 0 aliphatic carbocycles. The maximum Gasteiger partial charge on any atom is 0.416 e. The van der Waals surface area contributed by atoms with Crippen LogP contribution in [0.25, 0.3) is 22.9 Å². The number of alkyl halides is 3. The van der Waals surface area contributed by atoms with Crippen LogP contribution >= 0.6 is 0 Å². The zero-order valence-corrected chi connectivity index (χ0v) is 12.1. The number of benzene rings is 2. The number of halogens is 3. The number of nitrogens with zero attached hydrogens (tertiary/aromatic N) is 1. The summed E-state index contributed by atoms with van der Waals surface area (Å²) >= 11 is 0. The fourth-order valence-corrected chi connectivity index (χ4v) is 2.21. The summed E-state index contributed by atoms with van der Waals surface area (Å²) in [6.45, 7) is 0. The molecule has 4 nitrogen and oxygen atoms in total. The van der Waals surface area contributed by atoms with Crippen LogP contribution in [0.4, 0.5) is 13.2 Å². The molecule has 0 fully saturated rings. The van der Waals surface area contributed by atoms with Gasteiger partial charge in [-0.2, -0.15) is 13.2 Å². The standard InChI is InChI=1S/C17H11F3N2O2/c18-17(19,20)11-5-3-4-10(8-11)15(23)9-14-16(24)22-13-7-2-1-6-12(13)21-14/h1-9,23H,(H,22,24). The van der Waals surface area contributed by atoms with Gasteiger partial charge in [-0.1, -0.05) is 24.3 Å². The molecule has 0 atom stereocenters. The van der Waals surface area contributed by atoms with Gasteiger partial charge >= 0.3 is 6.18 Å². The molecule has 0 aliphatic heterocycles. The van der Waals surface area contributed by atoms with E-state index >= 15 is 0 Å². The third-order valence-corrected chi connectivity index (χ3v) is 3.38. The molecule has 0 bridgehead atoms. The van der Waals surface area contributed by atoms with E-state index in [0.717, 1.165) is 18.2 Å². The Morgan fingerprint density at radius 1 is 1.12 bits per heavy atom. The SMILES string of the molecule is O=c1[nH]c2ccccc2nc1C=C(O)c1cccc(C(F)(F)F)c1. The van der Waals surface area contributed by atoms with Crippen molar-refractivity contribution in [2.24, 2.45) is 0 Å². The molecule has 0 saturated carbocycles. The van der Waals surface area contributed by atoms with Crippen LogP contribution in [0.1, 0.15) is 16.8 Å². The van der Waals surface area contributed by atoms with Gasteiger partial charge in [0, 0.05) is 11.6 Å². The van der Waals surface area contributed by atoms with E-state index in [1.165, 1.54) is 12.1 Å². The van der Waals surface area contributed by atoms with E-state index in [1.54, 1.807) is 24.3 Å². The van der Waals surface area contributed by atoms with Crippen molar-refractivity contribution in [2.75, 3.05) is 0 Å². The molecule has 2 N–H and O–H groups in total. The van der Waals surface area contributed by atoms with Crippen LogP contribution in [-0.4, -0.2) is 15.1 Å². The summed E-state index contributed by atoms with van der Waals surface area (Å²) in [6, 6.07) is 11.0. The van der Waals surface area contributed by atoms with Gasteiger partial charge in [-0.3, -0.25) is 4.79 Å². The van der Waals surface area contributed by atoms with Gasteiger partial charge in [-0.15, -0.1) is 0 Å². The highest BCUT2D eigenvalue weighted by Crippen LogP contribution is 2.30. The van der Waals surface area contributed by atoms with Gasteiger partial charge < -0.3 is 10.1 Å². The van der Waals surface area contributed by atoms with Crippen molar-refractivity contribution in [3.05, 3.63) is 75.7 Å². The first-order chi connectivity index (χ1) is 11.3. The van der Waals surface area contributed by atoms with Crippen LogP contribution in [0.5, 0.6) is 0 Å². The number of hydrogen-bond acceptors (Lipinski definition) is 3. The molecule has 24 heavy (non-hydrogen) atoms. The maximum atomic E-state index is 12.7. The van der Waals surface area contributed by atoms with Crippen molar-refractivity contribution < 1.29 is 18.3 Å². The first-order valence-corrected chi connectivity index (χ1v) is 6.92. The third-order valence-electron chi connectivity index (χ3n) is 3.38. The van der Waals surface area contributed by atoms with Crippen LogP contribution < -0.4 is 5.56 Å². The molecule has 3 rings (SSSR count). The molecule has 0 spiro atoms. The first-order valence-electron chi connectivity index (χ1n) is 6.92. The fourth-order valence-electron chi connectivity index (χ4n) is 2.21. The van der Waals surface area contributed by atoms with Crippen molar-refractivity contribution in [2.45, 2.75) is 6.18 Å². The van der Waals surface area contributed by atoms with Crippen molar-refractivity contribution >= 4 is 22.9 Å². The van der Waals surface area contributed by atoms with E-state index in [4.69, 9.17) is 0 Å². The molecule has 0 unspecified atom stereocenters. The molecular formula is C17H11F3N2O2. The topological polar surface area (TPSA) is 66.0 Å². The molecule has 122 valence electrons. The summed E-state index contributed by atoms with van der Waals surface area (Å²) in [7, 11) is 0. The van der Waals surface area contributed by atoms with Crippen LogP contribution in [-0.2, 0) is 6.18 Å². The number of nitrogens with one attached hydrogen (secondary N) is 1. The minimum atomic E-state index is -4.52. The van der Waals surface area contributed by atoms with Gasteiger partial charge in [0.15, 0.2) is 0 Å². The molecular weight excluding hydrogens is 321 g/mol. The zero-order chi connectivity index (χ0) is 17.3. The number of aliphatic hydroxyl groups excluding tert-OH is 1. The molecule has 7 heteroatoms. The molecule has 1 heterocycles. The number of para-hydroxylation sites is 2. The highest BCUT2D eigenvalue weighted by atomic mass is 19.4. The lowest BCUT2D eigenvalue weighted by molar-refractivity contribution is -0.137. The summed E-state index contributed by atoms with van der Waals surface area (Å²) in [6.07, 6.45) is -3.48. The van der Waals surface area contributed by atoms with Gasteiger partial charge in [0.25, 0.3) is 5.56 Å². The van der Waals surface area contributed by atoms with E-state index in [0.29, 0.717) is 11.0 Å². The van der Waals surface area contributed by atoms with Gasteiger partial charge in [0.2, 0.25) is 0 Å². The van der Waals surface area contributed by atoms with E-state index in [9.17, 15) is 23.1 Å². The highest BCUT2D eigenvalue weighted by Gasteiger charge is 2.30. The third kappa shape index (κ3) is 3.15. The Balaban J connectivity index is 2.05. The minimum Gasteiger partial charge on any atom is -0.507 e. The second-order valence-electron chi connectivity index (χ2n) is 5.08. The first kappa shape index (κ1) is 15.8. The number of fused-ring (bicyclic) bond motifs is 1. The summed E-state index contributed by atoms with van der Waals surface area (Å²) in [5, 5.41) is 10.1. The Hall–Kier alpha value is -3.09. The highest BCUT2D eigenvalue weighted by molar-refractivity contribution is 5.79. The quantitative estimate of drug-likeness (QED) is 0.697. The average Bonchev–Trinajstić information content (AvgIpc) is 2.55. The molecule has 0 radical (unpaired) electrons. The Bertz CT molecular complexity index is 991. The van der Waals surface area contributed by atoms with Crippen molar-refractivity contribution in [1.82, 2.24) is 9.97 Å². The predicted octanol–water partition coefficient (Wildman–Crippen LogP) is 4.00. The summed E-state index contributed by atoms with van der Waals surface area (Å²) < 4.78 is 38.2. The molecule has 0 saturated heterocycles. The monoisotopic (exact) mass is 332 g/mol. The smallest absolute Gasteiger partial charge is 0.416 e. The van der Waals surface area contributed by atoms with E-state index in [1.807, 2.05) is 0 Å². The summed E-state index contributed by atoms with van der Waals surface area (Å²) in [4.78, 5) is 18.7. The lowest BCUT2D eigenvalue weighted by Crippen LogP contribution is -2.12. The Labute approximate surface area is 133 Å². The van der Waals surface area contributed by atoms with Gasteiger partial charge in [-0.05, 0) is 24.3 Å². The lowest BCUT2D eigenvalue weighted by atomic mass is 10.1. The normalized spacial score (nSPS) is 12.5. The Morgan fingerprint density at radius 3 is 2.62 bits per heavy atom. The molecule has 3 aromatic rings. The second-order valence-corrected chi connectivity index (χ2v) is 5.08. The van der Waals surface area contributed by atoms with Gasteiger partial charge in [0.05, 0.1) is 16.6 Å². The lowest BCUT2D eigenvalue weighted by Gasteiger charge is -2.08. The van der Waals surface area contributed by atoms with Crippen molar-refractivity contribution in [3.8, 4) is 0 Å².